The molecule has 0 radical (unpaired) electrons. The van der Waals surface area contributed by atoms with Crippen LogP contribution in [0.1, 0.15) is 25.3 Å². The van der Waals surface area contributed by atoms with Gasteiger partial charge in [0.05, 0.1) is 6.10 Å². The first-order valence-electron chi connectivity index (χ1n) is 6.47. The van der Waals surface area contributed by atoms with Crippen molar-refractivity contribution >= 4 is 27.5 Å². The minimum atomic E-state index is 0.436. The van der Waals surface area contributed by atoms with E-state index in [0.717, 1.165) is 35.6 Å². The topological polar surface area (TPSA) is 21.3 Å². The highest BCUT2D eigenvalue weighted by molar-refractivity contribution is 9.10. The Morgan fingerprint density at radius 2 is 2.33 bits per heavy atom. The zero-order valence-corrected chi connectivity index (χ0v) is 12.9. The van der Waals surface area contributed by atoms with Crippen LogP contribution in [0.15, 0.2) is 22.7 Å². The van der Waals surface area contributed by atoms with Gasteiger partial charge in [-0.15, -0.1) is 0 Å². The van der Waals surface area contributed by atoms with Gasteiger partial charge in [-0.3, -0.25) is 0 Å². The smallest absolute Gasteiger partial charge is 0.0613 e. The van der Waals surface area contributed by atoms with Crippen molar-refractivity contribution in [2.45, 2.75) is 32.4 Å². The van der Waals surface area contributed by atoms with Crippen LogP contribution in [0, 0.1) is 5.92 Å². The maximum atomic E-state index is 5.93. The zero-order valence-electron chi connectivity index (χ0n) is 10.6. The van der Waals surface area contributed by atoms with Crippen molar-refractivity contribution in [3.63, 3.8) is 0 Å². The number of halogens is 2. The van der Waals surface area contributed by atoms with Crippen molar-refractivity contribution in [1.82, 2.24) is 5.32 Å². The Kier molecular flexibility index (Phi) is 5.49. The third-order valence-electron chi connectivity index (χ3n) is 3.49. The van der Waals surface area contributed by atoms with Crippen molar-refractivity contribution in [1.29, 1.82) is 0 Å². The molecular weight excluding hydrogens is 314 g/mol. The lowest BCUT2D eigenvalue weighted by molar-refractivity contribution is 0.0872. The standard InChI is InChI=1S/C14H19BrClNO/c1-2-14-11(5-6-18-14)9-17-8-10-3-4-12(16)7-13(10)15/h3-4,7,11,14,17H,2,5-6,8-9H2,1H3. The molecule has 0 amide bonds. The highest BCUT2D eigenvalue weighted by Gasteiger charge is 2.25. The van der Waals surface area contributed by atoms with Crippen LogP contribution in [-0.4, -0.2) is 19.3 Å². The lowest BCUT2D eigenvalue weighted by atomic mass is 9.99. The molecule has 1 fully saturated rings. The van der Waals surface area contributed by atoms with Crippen LogP contribution in [0.5, 0.6) is 0 Å². The predicted octanol–water partition coefficient (Wildman–Crippen LogP) is 4.01. The van der Waals surface area contributed by atoms with Crippen LogP contribution in [0.2, 0.25) is 5.02 Å². The Morgan fingerprint density at radius 3 is 3.06 bits per heavy atom. The SMILES string of the molecule is CCC1OCCC1CNCc1ccc(Cl)cc1Br. The Bertz CT molecular complexity index is 399. The van der Waals surface area contributed by atoms with Crippen molar-refractivity contribution in [2.24, 2.45) is 5.92 Å². The van der Waals surface area contributed by atoms with Crippen molar-refractivity contribution in [2.75, 3.05) is 13.2 Å². The molecule has 0 bridgehead atoms. The van der Waals surface area contributed by atoms with Gasteiger partial charge in [-0.25, -0.2) is 0 Å². The molecule has 100 valence electrons. The van der Waals surface area contributed by atoms with Gasteiger partial charge in [-0.1, -0.05) is 40.5 Å². The molecule has 1 aliphatic heterocycles. The summed E-state index contributed by atoms with van der Waals surface area (Å²) in [7, 11) is 0. The van der Waals surface area contributed by atoms with Crippen molar-refractivity contribution < 1.29 is 4.74 Å². The van der Waals surface area contributed by atoms with E-state index in [-0.39, 0.29) is 0 Å². The number of nitrogens with one attached hydrogen (secondary N) is 1. The summed E-state index contributed by atoms with van der Waals surface area (Å²) in [4.78, 5) is 0. The fraction of sp³-hybridized carbons (Fsp3) is 0.571. The molecule has 2 unspecified atom stereocenters. The summed E-state index contributed by atoms with van der Waals surface area (Å²) in [6, 6.07) is 5.92. The second-order valence-electron chi connectivity index (χ2n) is 4.73. The minimum absolute atomic E-state index is 0.436. The summed E-state index contributed by atoms with van der Waals surface area (Å²) in [5.74, 6) is 0.654. The van der Waals surface area contributed by atoms with Gasteiger partial charge in [0.2, 0.25) is 0 Å². The largest absolute Gasteiger partial charge is 0.378 e. The first kappa shape index (κ1) is 14.3. The van der Waals surface area contributed by atoms with Gasteiger partial charge in [-0.05, 0) is 36.5 Å². The molecule has 0 spiro atoms. The highest BCUT2D eigenvalue weighted by atomic mass is 79.9. The van der Waals surface area contributed by atoms with E-state index in [1.54, 1.807) is 0 Å². The summed E-state index contributed by atoms with van der Waals surface area (Å²) >= 11 is 9.46. The van der Waals surface area contributed by atoms with E-state index in [9.17, 15) is 0 Å². The maximum absolute atomic E-state index is 5.93. The quantitative estimate of drug-likeness (QED) is 0.879. The summed E-state index contributed by atoms with van der Waals surface area (Å²) < 4.78 is 6.76. The number of rotatable bonds is 5. The molecule has 1 saturated heterocycles. The second-order valence-corrected chi connectivity index (χ2v) is 6.02. The van der Waals surface area contributed by atoms with E-state index in [4.69, 9.17) is 16.3 Å². The van der Waals surface area contributed by atoms with E-state index >= 15 is 0 Å². The van der Waals surface area contributed by atoms with Crippen LogP contribution < -0.4 is 5.32 Å². The molecule has 1 N–H and O–H groups in total. The van der Waals surface area contributed by atoms with Gasteiger partial charge in [0.1, 0.15) is 0 Å². The molecule has 4 heteroatoms. The molecule has 1 aliphatic rings. The van der Waals surface area contributed by atoms with E-state index in [2.05, 4.69) is 34.2 Å². The van der Waals surface area contributed by atoms with E-state index in [1.807, 2.05) is 12.1 Å². The second kappa shape index (κ2) is 6.90. The average molecular weight is 333 g/mol. The van der Waals surface area contributed by atoms with Crippen molar-refractivity contribution in [3.05, 3.63) is 33.3 Å². The summed E-state index contributed by atoms with van der Waals surface area (Å²) in [5.41, 5.74) is 1.24. The van der Waals surface area contributed by atoms with Gasteiger partial charge in [0, 0.05) is 29.2 Å². The molecule has 0 aliphatic carbocycles. The molecular formula is C14H19BrClNO. The molecule has 2 atom stereocenters. The molecule has 1 aromatic carbocycles. The van der Waals surface area contributed by atoms with E-state index in [0.29, 0.717) is 12.0 Å². The van der Waals surface area contributed by atoms with Crippen LogP contribution in [0.4, 0.5) is 0 Å². The van der Waals surface area contributed by atoms with Gasteiger partial charge < -0.3 is 10.1 Å². The molecule has 1 heterocycles. The summed E-state index contributed by atoms with van der Waals surface area (Å²) in [6.45, 7) is 4.99. The lowest BCUT2D eigenvalue weighted by Crippen LogP contribution is -2.28. The third-order valence-corrected chi connectivity index (χ3v) is 4.46. The first-order valence-corrected chi connectivity index (χ1v) is 7.64. The molecule has 1 aromatic rings. The van der Waals surface area contributed by atoms with Gasteiger partial charge in [-0.2, -0.15) is 0 Å². The number of ether oxygens (including phenoxy) is 1. The van der Waals surface area contributed by atoms with Crippen molar-refractivity contribution in [3.8, 4) is 0 Å². The van der Waals surface area contributed by atoms with E-state index in [1.165, 1.54) is 12.0 Å². The monoisotopic (exact) mass is 331 g/mol. The molecule has 18 heavy (non-hydrogen) atoms. The molecule has 2 nitrogen and oxygen atoms in total. The Labute approximate surface area is 122 Å². The van der Waals surface area contributed by atoms with Crippen LogP contribution in [-0.2, 0) is 11.3 Å². The number of hydrogen-bond acceptors (Lipinski definition) is 2. The van der Waals surface area contributed by atoms with Gasteiger partial charge in [0.15, 0.2) is 0 Å². The highest BCUT2D eigenvalue weighted by Crippen LogP contribution is 2.24. The fourth-order valence-corrected chi connectivity index (χ4v) is 3.26. The Hall–Kier alpha value is -0.0900. The third kappa shape index (κ3) is 3.70. The summed E-state index contributed by atoms with van der Waals surface area (Å²) in [5, 5.41) is 4.28. The predicted molar refractivity (Wildman–Crippen MR) is 79.0 cm³/mol. The average Bonchev–Trinajstić information content (AvgIpc) is 2.79. The molecule has 0 aromatic heterocycles. The van der Waals surface area contributed by atoms with Gasteiger partial charge in [0.25, 0.3) is 0 Å². The Balaban J connectivity index is 1.81. The normalized spacial score (nSPS) is 23.5. The lowest BCUT2D eigenvalue weighted by Gasteiger charge is -2.17. The zero-order chi connectivity index (χ0) is 13.0. The van der Waals surface area contributed by atoms with Crippen LogP contribution in [0.3, 0.4) is 0 Å². The Morgan fingerprint density at radius 1 is 1.50 bits per heavy atom. The van der Waals surface area contributed by atoms with Crippen LogP contribution in [0.25, 0.3) is 0 Å². The summed E-state index contributed by atoms with van der Waals surface area (Å²) in [6.07, 6.45) is 2.72. The first-order chi connectivity index (χ1) is 8.70. The fourth-order valence-electron chi connectivity index (χ4n) is 2.43. The number of hydrogen-bond donors (Lipinski definition) is 1. The molecule has 2 rings (SSSR count). The van der Waals surface area contributed by atoms with Gasteiger partial charge >= 0.3 is 0 Å². The number of benzene rings is 1. The minimum Gasteiger partial charge on any atom is -0.378 e. The maximum Gasteiger partial charge on any atom is 0.0613 e. The molecule has 0 saturated carbocycles. The van der Waals surface area contributed by atoms with Crippen LogP contribution >= 0.6 is 27.5 Å². The van der Waals surface area contributed by atoms with E-state index < -0.39 is 0 Å².